The van der Waals surface area contributed by atoms with E-state index in [1.165, 1.54) is 6.07 Å². The maximum absolute atomic E-state index is 13.1. The molecule has 0 aliphatic rings. The van der Waals surface area contributed by atoms with Crippen LogP contribution in [0.4, 0.5) is 4.39 Å². The molecular formula is C13H10FN3O. The summed E-state index contributed by atoms with van der Waals surface area (Å²) in [5.41, 5.74) is 2.12. The standard InChI is InChI=1S/C13H10FN3O/c14-10-5-9(7-18)13(15-6-10)17-8-16-11-3-1-2-4-12(11)17/h1-6,8,18H,7H2. The number of rotatable bonds is 2. The van der Waals surface area contributed by atoms with Gasteiger partial charge in [-0.05, 0) is 18.2 Å². The maximum atomic E-state index is 13.1. The van der Waals surface area contributed by atoms with E-state index in [0.29, 0.717) is 11.4 Å². The van der Waals surface area contributed by atoms with E-state index in [9.17, 15) is 9.50 Å². The van der Waals surface area contributed by atoms with Gasteiger partial charge in [0.1, 0.15) is 18.0 Å². The molecule has 0 amide bonds. The summed E-state index contributed by atoms with van der Waals surface area (Å²) in [6.45, 7) is -0.271. The van der Waals surface area contributed by atoms with E-state index in [0.717, 1.165) is 17.2 Å². The first-order chi connectivity index (χ1) is 8.79. The number of imidazole rings is 1. The van der Waals surface area contributed by atoms with Gasteiger partial charge >= 0.3 is 0 Å². The van der Waals surface area contributed by atoms with E-state index >= 15 is 0 Å². The summed E-state index contributed by atoms with van der Waals surface area (Å²) in [4.78, 5) is 8.27. The highest BCUT2D eigenvalue weighted by Gasteiger charge is 2.10. The number of pyridine rings is 1. The van der Waals surface area contributed by atoms with Crippen LogP contribution >= 0.6 is 0 Å². The highest BCUT2D eigenvalue weighted by Crippen LogP contribution is 2.19. The Kier molecular flexibility index (Phi) is 2.53. The summed E-state index contributed by atoms with van der Waals surface area (Å²) in [5.74, 6) is 0.0276. The first-order valence-electron chi connectivity index (χ1n) is 5.47. The van der Waals surface area contributed by atoms with E-state index < -0.39 is 5.82 Å². The fraction of sp³-hybridized carbons (Fsp3) is 0.0769. The van der Waals surface area contributed by atoms with Gasteiger partial charge in [-0.25, -0.2) is 14.4 Å². The molecule has 1 N–H and O–H groups in total. The lowest BCUT2D eigenvalue weighted by Gasteiger charge is -2.08. The number of nitrogens with zero attached hydrogens (tertiary/aromatic N) is 3. The topological polar surface area (TPSA) is 50.9 Å². The lowest BCUT2D eigenvalue weighted by Crippen LogP contribution is -2.02. The van der Waals surface area contributed by atoms with Gasteiger partial charge in [-0.15, -0.1) is 0 Å². The molecule has 0 fully saturated rings. The Labute approximate surface area is 102 Å². The molecule has 0 aliphatic carbocycles. The number of aliphatic hydroxyl groups is 1. The van der Waals surface area contributed by atoms with Crippen molar-refractivity contribution in [1.82, 2.24) is 14.5 Å². The van der Waals surface area contributed by atoms with Crippen LogP contribution in [0.25, 0.3) is 16.9 Å². The van der Waals surface area contributed by atoms with Gasteiger partial charge in [-0.3, -0.25) is 4.57 Å². The van der Waals surface area contributed by atoms with E-state index in [2.05, 4.69) is 9.97 Å². The quantitative estimate of drug-likeness (QED) is 0.749. The number of aromatic nitrogens is 3. The molecule has 18 heavy (non-hydrogen) atoms. The monoisotopic (exact) mass is 243 g/mol. The van der Waals surface area contributed by atoms with E-state index in [1.54, 1.807) is 10.9 Å². The molecule has 0 aliphatic heterocycles. The van der Waals surface area contributed by atoms with Crippen LogP contribution in [0.2, 0.25) is 0 Å². The number of aliphatic hydroxyl groups excluding tert-OH is 1. The molecule has 3 aromatic rings. The Balaban J connectivity index is 2.26. The Bertz CT molecular complexity index is 708. The Morgan fingerprint density at radius 2 is 2.06 bits per heavy atom. The minimum Gasteiger partial charge on any atom is -0.392 e. The van der Waals surface area contributed by atoms with Gasteiger partial charge in [0.2, 0.25) is 0 Å². The minimum atomic E-state index is -0.466. The van der Waals surface area contributed by atoms with Gasteiger partial charge in [0.05, 0.1) is 23.8 Å². The van der Waals surface area contributed by atoms with Gasteiger partial charge in [-0.2, -0.15) is 0 Å². The van der Waals surface area contributed by atoms with Gasteiger partial charge in [0.15, 0.2) is 0 Å². The number of halogens is 1. The van der Waals surface area contributed by atoms with Crippen molar-refractivity contribution in [2.24, 2.45) is 0 Å². The molecule has 4 nitrogen and oxygen atoms in total. The van der Waals surface area contributed by atoms with Crippen molar-refractivity contribution < 1.29 is 9.50 Å². The molecule has 0 saturated carbocycles. The van der Waals surface area contributed by atoms with Crippen molar-refractivity contribution in [3.63, 3.8) is 0 Å². The van der Waals surface area contributed by atoms with Crippen LogP contribution < -0.4 is 0 Å². The van der Waals surface area contributed by atoms with E-state index in [4.69, 9.17) is 0 Å². The summed E-state index contributed by atoms with van der Waals surface area (Å²) in [6.07, 6.45) is 2.74. The molecule has 90 valence electrons. The van der Waals surface area contributed by atoms with Crippen LogP contribution in [0.1, 0.15) is 5.56 Å². The summed E-state index contributed by atoms with van der Waals surface area (Å²) >= 11 is 0. The fourth-order valence-corrected chi connectivity index (χ4v) is 1.94. The van der Waals surface area contributed by atoms with E-state index in [1.807, 2.05) is 24.3 Å². The predicted octanol–water partition coefficient (Wildman–Crippen LogP) is 2.05. The van der Waals surface area contributed by atoms with Gasteiger partial charge in [0.25, 0.3) is 0 Å². The first kappa shape index (κ1) is 10.9. The normalized spacial score (nSPS) is 11.0. The smallest absolute Gasteiger partial charge is 0.144 e. The molecule has 0 saturated heterocycles. The van der Waals surface area contributed by atoms with Gasteiger partial charge in [-0.1, -0.05) is 12.1 Å². The molecule has 0 radical (unpaired) electrons. The molecule has 0 atom stereocenters. The third-order valence-corrected chi connectivity index (χ3v) is 2.76. The van der Waals surface area contributed by atoms with Crippen molar-refractivity contribution in [1.29, 1.82) is 0 Å². The van der Waals surface area contributed by atoms with Crippen molar-refractivity contribution in [3.8, 4) is 5.82 Å². The number of hydrogen-bond acceptors (Lipinski definition) is 3. The molecule has 1 aromatic carbocycles. The summed E-state index contributed by atoms with van der Waals surface area (Å²) in [5, 5.41) is 9.27. The zero-order valence-electron chi connectivity index (χ0n) is 9.42. The third-order valence-electron chi connectivity index (χ3n) is 2.76. The highest BCUT2D eigenvalue weighted by molar-refractivity contribution is 5.77. The maximum Gasteiger partial charge on any atom is 0.144 e. The molecule has 0 bridgehead atoms. The average molecular weight is 243 g/mol. The van der Waals surface area contributed by atoms with Crippen molar-refractivity contribution in [2.75, 3.05) is 0 Å². The summed E-state index contributed by atoms with van der Waals surface area (Å²) in [6, 6.07) is 8.84. The highest BCUT2D eigenvalue weighted by atomic mass is 19.1. The Hall–Kier alpha value is -2.27. The van der Waals surface area contributed by atoms with Crippen LogP contribution in [-0.4, -0.2) is 19.6 Å². The van der Waals surface area contributed by atoms with Crippen LogP contribution in [0.15, 0.2) is 42.9 Å². The van der Waals surface area contributed by atoms with Gasteiger partial charge < -0.3 is 5.11 Å². The molecule has 3 rings (SSSR count). The predicted molar refractivity (Wildman–Crippen MR) is 64.7 cm³/mol. The Morgan fingerprint density at radius 3 is 2.89 bits per heavy atom. The number of para-hydroxylation sites is 2. The van der Waals surface area contributed by atoms with Crippen LogP contribution in [0, 0.1) is 5.82 Å². The minimum absolute atomic E-state index is 0.271. The van der Waals surface area contributed by atoms with Crippen LogP contribution in [0.3, 0.4) is 0 Å². The van der Waals surface area contributed by atoms with Crippen molar-refractivity contribution >= 4 is 11.0 Å². The van der Waals surface area contributed by atoms with Crippen molar-refractivity contribution in [2.45, 2.75) is 6.61 Å². The number of hydrogen-bond donors (Lipinski definition) is 1. The summed E-state index contributed by atoms with van der Waals surface area (Å²) < 4.78 is 14.8. The summed E-state index contributed by atoms with van der Waals surface area (Å²) in [7, 11) is 0. The lowest BCUT2D eigenvalue weighted by molar-refractivity contribution is 0.280. The van der Waals surface area contributed by atoms with Crippen LogP contribution in [-0.2, 0) is 6.61 Å². The second-order valence-corrected chi connectivity index (χ2v) is 3.90. The molecule has 2 aromatic heterocycles. The number of fused-ring (bicyclic) bond motifs is 1. The average Bonchev–Trinajstić information content (AvgIpc) is 2.82. The SMILES string of the molecule is OCc1cc(F)cnc1-n1cnc2ccccc21. The molecule has 0 spiro atoms. The second kappa shape index (κ2) is 4.19. The zero-order chi connectivity index (χ0) is 12.5. The third kappa shape index (κ3) is 1.65. The van der Waals surface area contributed by atoms with Crippen LogP contribution in [0.5, 0.6) is 0 Å². The molecule has 5 heteroatoms. The molecular weight excluding hydrogens is 233 g/mol. The largest absolute Gasteiger partial charge is 0.392 e. The lowest BCUT2D eigenvalue weighted by atomic mass is 10.2. The number of benzene rings is 1. The zero-order valence-corrected chi connectivity index (χ0v) is 9.42. The van der Waals surface area contributed by atoms with Crippen molar-refractivity contribution in [3.05, 3.63) is 54.2 Å². The van der Waals surface area contributed by atoms with Gasteiger partial charge in [0, 0.05) is 5.56 Å². The second-order valence-electron chi connectivity index (χ2n) is 3.90. The van der Waals surface area contributed by atoms with E-state index in [-0.39, 0.29) is 6.61 Å². The first-order valence-corrected chi connectivity index (χ1v) is 5.47. The fourth-order valence-electron chi connectivity index (χ4n) is 1.94. The Morgan fingerprint density at radius 1 is 1.22 bits per heavy atom. The molecule has 0 unspecified atom stereocenters. The molecule has 2 heterocycles.